The quantitative estimate of drug-likeness (QED) is 0.0749. The lowest BCUT2D eigenvalue weighted by atomic mass is 10.0. The SMILES string of the molecule is C=CC(=O)OCCCCCCCCCCCCCCCCC[Si](F)(F)F. The van der Waals surface area contributed by atoms with E-state index >= 15 is 0 Å². The van der Waals surface area contributed by atoms with Gasteiger partial charge in [-0.2, -0.15) is 0 Å². The molecule has 154 valence electrons. The van der Waals surface area contributed by atoms with E-state index in [0.717, 1.165) is 32.1 Å². The summed E-state index contributed by atoms with van der Waals surface area (Å²) in [4.78, 5) is 10.8. The van der Waals surface area contributed by atoms with Crippen molar-refractivity contribution in [2.24, 2.45) is 0 Å². The van der Waals surface area contributed by atoms with E-state index < -0.39 is 15.1 Å². The maximum absolute atomic E-state index is 12.1. The van der Waals surface area contributed by atoms with Gasteiger partial charge in [-0.05, 0) is 12.8 Å². The van der Waals surface area contributed by atoms with Crippen molar-refractivity contribution >= 4 is 15.0 Å². The van der Waals surface area contributed by atoms with Gasteiger partial charge in [-0.15, -0.1) is 0 Å². The van der Waals surface area contributed by atoms with Crippen LogP contribution in [0, 0.1) is 0 Å². The van der Waals surface area contributed by atoms with Crippen molar-refractivity contribution in [3.05, 3.63) is 12.7 Å². The highest BCUT2D eigenvalue weighted by molar-refractivity contribution is 6.58. The number of ether oxygens (including phenoxy) is 1. The van der Waals surface area contributed by atoms with Gasteiger partial charge in [0.05, 0.1) is 6.61 Å². The fourth-order valence-corrected chi connectivity index (χ4v) is 3.61. The molecule has 0 atom stereocenters. The molecule has 0 radical (unpaired) electrons. The Bertz CT molecular complexity index is 346. The molecule has 0 unspecified atom stereocenters. The lowest BCUT2D eigenvalue weighted by Crippen LogP contribution is -2.13. The Morgan fingerprint density at radius 3 is 1.38 bits per heavy atom. The maximum Gasteiger partial charge on any atom is 0.616 e. The van der Waals surface area contributed by atoms with Crippen molar-refractivity contribution in [1.82, 2.24) is 0 Å². The minimum atomic E-state index is -5.29. The summed E-state index contributed by atoms with van der Waals surface area (Å²) in [6.45, 7) is 3.85. The molecule has 0 fully saturated rings. The predicted octanol–water partition coefficient (Wildman–Crippen LogP) is 7.41. The molecule has 0 saturated carbocycles. The average molecular weight is 395 g/mol. The van der Waals surface area contributed by atoms with E-state index in [-0.39, 0.29) is 5.97 Å². The Labute approximate surface area is 159 Å². The number of rotatable bonds is 19. The van der Waals surface area contributed by atoms with Crippen LogP contribution in [0.5, 0.6) is 0 Å². The molecule has 0 aliphatic rings. The Kier molecular flexibility index (Phi) is 17.1. The van der Waals surface area contributed by atoms with Crippen molar-refractivity contribution in [2.45, 2.75) is 102 Å². The molecule has 0 heterocycles. The first-order valence-electron chi connectivity index (χ1n) is 10.3. The summed E-state index contributed by atoms with van der Waals surface area (Å²) in [7, 11) is -5.29. The number of halogens is 3. The number of carbonyl (C=O) groups is 1. The van der Waals surface area contributed by atoms with Crippen LogP contribution in [-0.4, -0.2) is 21.7 Å². The molecular formula is C20H37F3O2Si. The molecule has 0 N–H and O–H groups in total. The Morgan fingerprint density at radius 1 is 0.692 bits per heavy atom. The van der Waals surface area contributed by atoms with Crippen LogP contribution in [0.1, 0.15) is 96.3 Å². The molecule has 0 aromatic heterocycles. The van der Waals surface area contributed by atoms with Gasteiger partial charge in [-0.3, -0.25) is 0 Å². The van der Waals surface area contributed by atoms with Crippen LogP contribution < -0.4 is 0 Å². The van der Waals surface area contributed by atoms with Gasteiger partial charge in [0.1, 0.15) is 0 Å². The van der Waals surface area contributed by atoms with Crippen molar-refractivity contribution in [2.75, 3.05) is 6.61 Å². The summed E-state index contributed by atoms with van der Waals surface area (Å²) in [5.74, 6) is -0.340. The van der Waals surface area contributed by atoms with Crippen LogP contribution in [0.15, 0.2) is 12.7 Å². The van der Waals surface area contributed by atoms with E-state index in [1.807, 2.05) is 0 Å². The fourth-order valence-electron chi connectivity index (χ4n) is 2.96. The van der Waals surface area contributed by atoms with E-state index in [1.165, 1.54) is 63.9 Å². The van der Waals surface area contributed by atoms with Gasteiger partial charge < -0.3 is 4.74 Å². The Balaban J connectivity index is 3.07. The zero-order chi connectivity index (χ0) is 19.5. The van der Waals surface area contributed by atoms with Crippen LogP contribution in [0.3, 0.4) is 0 Å². The number of hydrogen-bond acceptors (Lipinski definition) is 2. The number of esters is 1. The second-order valence-electron chi connectivity index (χ2n) is 7.04. The molecule has 0 aromatic rings. The van der Waals surface area contributed by atoms with Crippen LogP contribution in [0.25, 0.3) is 0 Å². The summed E-state index contributed by atoms with van der Waals surface area (Å²) in [5.41, 5.74) is 0. The first-order chi connectivity index (χ1) is 12.5. The van der Waals surface area contributed by atoms with Crippen molar-refractivity contribution in [3.8, 4) is 0 Å². The maximum atomic E-state index is 12.1. The molecule has 0 aliphatic heterocycles. The molecule has 0 bridgehead atoms. The highest BCUT2D eigenvalue weighted by Crippen LogP contribution is 2.20. The van der Waals surface area contributed by atoms with Crippen LogP contribution in [0.2, 0.25) is 6.04 Å². The first kappa shape index (κ1) is 25.2. The highest BCUT2D eigenvalue weighted by Gasteiger charge is 2.35. The van der Waals surface area contributed by atoms with E-state index in [4.69, 9.17) is 4.74 Å². The molecule has 26 heavy (non-hydrogen) atoms. The summed E-state index contributed by atoms with van der Waals surface area (Å²) >= 11 is 0. The molecule has 0 amide bonds. The molecule has 0 saturated heterocycles. The van der Waals surface area contributed by atoms with Crippen LogP contribution in [-0.2, 0) is 9.53 Å². The van der Waals surface area contributed by atoms with Gasteiger partial charge in [-0.25, -0.2) is 17.1 Å². The minimum Gasteiger partial charge on any atom is -0.463 e. The third kappa shape index (κ3) is 21.3. The third-order valence-corrected chi connectivity index (χ3v) is 5.44. The van der Waals surface area contributed by atoms with Crippen LogP contribution in [0.4, 0.5) is 12.3 Å². The summed E-state index contributed by atoms with van der Waals surface area (Å²) in [5, 5.41) is 0. The van der Waals surface area contributed by atoms with Gasteiger partial charge in [-0.1, -0.05) is 90.0 Å². The zero-order valence-corrected chi connectivity index (χ0v) is 17.3. The van der Waals surface area contributed by atoms with Gasteiger partial charge in [0.25, 0.3) is 0 Å². The van der Waals surface area contributed by atoms with Gasteiger partial charge in [0, 0.05) is 12.1 Å². The lowest BCUT2D eigenvalue weighted by molar-refractivity contribution is -0.137. The van der Waals surface area contributed by atoms with E-state index in [0.29, 0.717) is 13.0 Å². The molecule has 0 rings (SSSR count). The van der Waals surface area contributed by atoms with Crippen LogP contribution >= 0.6 is 0 Å². The van der Waals surface area contributed by atoms with E-state index in [1.54, 1.807) is 0 Å². The summed E-state index contributed by atoms with van der Waals surface area (Å²) < 4.78 is 41.3. The Morgan fingerprint density at radius 2 is 1.04 bits per heavy atom. The normalized spacial score (nSPS) is 11.5. The standard InChI is InChI=1S/C20H37F3O2Si/c1-2-20(24)25-18-16-14-12-10-8-6-4-3-5-7-9-11-13-15-17-19-26(21,22)23/h2H,1,3-19H2. The molecule has 2 nitrogen and oxygen atoms in total. The first-order valence-corrected chi connectivity index (χ1v) is 12.2. The molecule has 6 heteroatoms. The van der Waals surface area contributed by atoms with E-state index in [2.05, 4.69) is 6.58 Å². The fraction of sp³-hybridized carbons (Fsp3) is 0.850. The second kappa shape index (κ2) is 17.6. The number of hydrogen-bond donors (Lipinski definition) is 0. The minimum absolute atomic E-state index is 0.340. The van der Waals surface area contributed by atoms with Crippen molar-refractivity contribution in [1.29, 1.82) is 0 Å². The molecule has 0 aromatic carbocycles. The Hall–Kier alpha value is -0.783. The molecule has 0 aliphatic carbocycles. The molecule has 0 spiro atoms. The van der Waals surface area contributed by atoms with Crippen molar-refractivity contribution in [3.63, 3.8) is 0 Å². The second-order valence-corrected chi connectivity index (χ2v) is 8.77. The van der Waals surface area contributed by atoms with Gasteiger partial charge in [0.2, 0.25) is 0 Å². The third-order valence-electron chi connectivity index (χ3n) is 4.52. The summed E-state index contributed by atoms with van der Waals surface area (Å²) in [6.07, 6.45) is 17.6. The van der Waals surface area contributed by atoms with Gasteiger partial charge in [0.15, 0.2) is 0 Å². The number of unbranched alkanes of at least 4 members (excludes halogenated alkanes) is 14. The van der Waals surface area contributed by atoms with E-state index in [9.17, 15) is 17.1 Å². The number of carbonyl (C=O) groups excluding carboxylic acids is 1. The molecular weight excluding hydrogens is 357 g/mol. The topological polar surface area (TPSA) is 26.3 Å². The monoisotopic (exact) mass is 394 g/mol. The zero-order valence-electron chi connectivity index (χ0n) is 16.3. The summed E-state index contributed by atoms with van der Waals surface area (Å²) in [6, 6.07) is -0.490. The van der Waals surface area contributed by atoms with Gasteiger partial charge >= 0.3 is 15.0 Å². The highest BCUT2D eigenvalue weighted by atomic mass is 28.5. The van der Waals surface area contributed by atoms with Crippen molar-refractivity contribution < 1.29 is 21.9 Å². The predicted molar refractivity (Wildman–Crippen MR) is 104 cm³/mol. The smallest absolute Gasteiger partial charge is 0.463 e. The largest absolute Gasteiger partial charge is 0.616 e. The lowest BCUT2D eigenvalue weighted by Gasteiger charge is -2.04. The average Bonchev–Trinajstić information content (AvgIpc) is 2.59.